The molecule has 2 heterocycles. The lowest BCUT2D eigenvalue weighted by atomic mass is 9.97. The van der Waals surface area contributed by atoms with Crippen LogP contribution in [0, 0.1) is 11.8 Å². The first kappa shape index (κ1) is 25.9. The molecule has 0 aromatic carbocycles. The lowest BCUT2D eigenvalue weighted by Crippen LogP contribution is -2.45. The van der Waals surface area contributed by atoms with Crippen LogP contribution in [0.4, 0.5) is 14.6 Å². The topological polar surface area (TPSA) is 120 Å². The van der Waals surface area contributed by atoms with Crippen molar-refractivity contribution in [3.8, 4) is 0 Å². The Balaban J connectivity index is 2.24. The van der Waals surface area contributed by atoms with Gasteiger partial charge >= 0.3 is 17.6 Å². The molecule has 0 bridgehead atoms. The van der Waals surface area contributed by atoms with E-state index < -0.39 is 48.5 Å². The summed E-state index contributed by atoms with van der Waals surface area (Å²) in [6.45, 7) is 6.04. The number of hydrogen-bond donors (Lipinski definition) is 2. The van der Waals surface area contributed by atoms with Crippen LogP contribution in [0.5, 0.6) is 0 Å². The monoisotopic (exact) mass is 459 g/mol. The molecule has 2 N–H and O–H groups in total. The molecular weight excluding hydrogens is 428 g/mol. The van der Waals surface area contributed by atoms with Gasteiger partial charge in [-0.15, -0.1) is 0 Å². The number of esters is 1. The number of nitrogens with one attached hydrogen (secondary N) is 1. The maximum atomic E-state index is 15.0. The summed E-state index contributed by atoms with van der Waals surface area (Å²) in [5.74, 6) is -5.94. The predicted molar refractivity (Wildman–Crippen MR) is 111 cm³/mol. The van der Waals surface area contributed by atoms with Crippen LogP contribution >= 0.6 is 0 Å². The molecule has 0 saturated carbocycles. The van der Waals surface area contributed by atoms with Crippen molar-refractivity contribution in [3.63, 3.8) is 0 Å². The smallest absolute Gasteiger partial charge is 0.351 e. The zero-order valence-corrected chi connectivity index (χ0v) is 18.7. The highest BCUT2D eigenvalue weighted by atomic mass is 19.3. The average molecular weight is 459 g/mol. The number of anilines is 1. The molecule has 11 heteroatoms. The highest BCUT2D eigenvalue weighted by molar-refractivity contribution is 5.91. The number of aliphatic hydroxyl groups is 1. The third kappa shape index (κ3) is 5.69. The van der Waals surface area contributed by atoms with E-state index in [2.05, 4.69) is 10.3 Å². The quantitative estimate of drug-likeness (QED) is 0.516. The van der Waals surface area contributed by atoms with Crippen molar-refractivity contribution in [2.24, 2.45) is 11.8 Å². The van der Waals surface area contributed by atoms with Gasteiger partial charge < -0.3 is 19.9 Å². The molecule has 3 atom stereocenters. The molecule has 2 rings (SSSR count). The van der Waals surface area contributed by atoms with Crippen LogP contribution in [0.15, 0.2) is 17.1 Å². The summed E-state index contributed by atoms with van der Waals surface area (Å²) in [5, 5.41) is 12.0. The van der Waals surface area contributed by atoms with E-state index in [1.54, 1.807) is 0 Å². The summed E-state index contributed by atoms with van der Waals surface area (Å²) >= 11 is 0. The SMILES string of the molecule is CCCC(CCC)C(=O)Nc1ccn(C2OC(CO)C(OC(=O)C(C)C)C2(F)F)c(=O)n1. The fourth-order valence-electron chi connectivity index (χ4n) is 3.51. The molecule has 1 aliphatic rings. The molecule has 1 fully saturated rings. The maximum Gasteiger partial charge on any atom is 0.351 e. The zero-order valence-electron chi connectivity index (χ0n) is 18.7. The van der Waals surface area contributed by atoms with E-state index in [1.165, 1.54) is 19.9 Å². The number of aliphatic hydroxyl groups excluding tert-OH is 1. The molecule has 1 saturated heterocycles. The predicted octanol–water partition coefficient (Wildman–Crippen LogP) is 2.49. The van der Waals surface area contributed by atoms with Gasteiger partial charge in [0, 0.05) is 12.1 Å². The van der Waals surface area contributed by atoms with Gasteiger partial charge in [-0.05, 0) is 18.9 Å². The lowest BCUT2D eigenvalue weighted by molar-refractivity contribution is -0.179. The molecule has 1 amide bonds. The van der Waals surface area contributed by atoms with Gasteiger partial charge in [-0.2, -0.15) is 13.8 Å². The van der Waals surface area contributed by atoms with Gasteiger partial charge in [0.2, 0.25) is 12.1 Å². The van der Waals surface area contributed by atoms with Crippen molar-refractivity contribution in [3.05, 3.63) is 22.7 Å². The van der Waals surface area contributed by atoms with Crippen LogP contribution in [0.1, 0.15) is 59.6 Å². The Labute approximate surface area is 185 Å². The standard InChI is InChI=1S/C21H31F2N3O6/c1-5-7-13(8-6-2)17(28)24-15-9-10-26(20(30)25-15)19-21(22,23)16(14(11-27)31-19)32-18(29)12(3)4/h9-10,12-14,16,19,27H,5-8,11H2,1-4H3,(H,24,25,28,30). The van der Waals surface area contributed by atoms with E-state index in [-0.39, 0.29) is 17.6 Å². The lowest BCUT2D eigenvalue weighted by Gasteiger charge is -2.24. The van der Waals surface area contributed by atoms with E-state index in [4.69, 9.17) is 9.47 Å². The Bertz CT molecular complexity index is 854. The van der Waals surface area contributed by atoms with Crippen molar-refractivity contribution in [2.45, 2.75) is 77.7 Å². The molecule has 32 heavy (non-hydrogen) atoms. The number of carbonyl (C=O) groups is 2. The normalized spacial score (nSPS) is 22.3. The van der Waals surface area contributed by atoms with E-state index >= 15 is 8.78 Å². The molecule has 1 aromatic heterocycles. The zero-order chi connectivity index (χ0) is 24.1. The third-order valence-corrected chi connectivity index (χ3v) is 5.22. The second-order valence-corrected chi connectivity index (χ2v) is 8.16. The molecule has 180 valence electrons. The third-order valence-electron chi connectivity index (χ3n) is 5.22. The van der Waals surface area contributed by atoms with E-state index in [9.17, 15) is 19.5 Å². The number of alkyl halides is 2. The van der Waals surface area contributed by atoms with Gasteiger partial charge in [0.05, 0.1) is 12.5 Å². The molecule has 1 aromatic rings. The summed E-state index contributed by atoms with van der Waals surface area (Å²) in [4.78, 5) is 40.4. The average Bonchev–Trinajstić information content (AvgIpc) is 2.97. The summed E-state index contributed by atoms with van der Waals surface area (Å²) in [6.07, 6.45) is -1.71. The highest BCUT2D eigenvalue weighted by Crippen LogP contribution is 2.44. The van der Waals surface area contributed by atoms with E-state index in [0.717, 1.165) is 19.0 Å². The molecule has 0 radical (unpaired) electrons. The summed E-state index contributed by atoms with van der Waals surface area (Å²) in [7, 11) is 0. The van der Waals surface area contributed by atoms with Crippen LogP contribution in [0.25, 0.3) is 0 Å². The van der Waals surface area contributed by atoms with Crippen LogP contribution in [0.3, 0.4) is 0 Å². The number of rotatable bonds is 10. The number of amides is 1. The van der Waals surface area contributed by atoms with Gasteiger partial charge in [-0.1, -0.05) is 40.5 Å². The van der Waals surface area contributed by atoms with Crippen molar-refractivity contribution in [1.82, 2.24) is 9.55 Å². The van der Waals surface area contributed by atoms with Gasteiger partial charge in [0.1, 0.15) is 11.9 Å². The van der Waals surface area contributed by atoms with E-state index in [1.807, 2.05) is 13.8 Å². The number of carbonyl (C=O) groups excluding carboxylic acids is 2. The first-order chi connectivity index (χ1) is 15.1. The molecule has 0 aliphatic carbocycles. The molecule has 0 spiro atoms. The number of halogens is 2. The Morgan fingerprint density at radius 2 is 1.94 bits per heavy atom. The Morgan fingerprint density at radius 3 is 2.44 bits per heavy atom. The minimum atomic E-state index is -3.80. The maximum absolute atomic E-state index is 15.0. The number of nitrogens with zero attached hydrogens (tertiary/aromatic N) is 2. The largest absolute Gasteiger partial charge is 0.453 e. The summed E-state index contributed by atoms with van der Waals surface area (Å²) < 4.78 is 40.6. The second kappa shape index (κ2) is 11.0. The van der Waals surface area contributed by atoms with Crippen LogP contribution in [-0.4, -0.2) is 51.3 Å². The van der Waals surface area contributed by atoms with Gasteiger partial charge in [-0.3, -0.25) is 14.2 Å². The van der Waals surface area contributed by atoms with Crippen molar-refractivity contribution in [2.75, 3.05) is 11.9 Å². The molecule has 1 aliphatic heterocycles. The Kier molecular flexibility index (Phi) is 8.85. The number of ether oxygens (including phenoxy) is 2. The summed E-state index contributed by atoms with van der Waals surface area (Å²) in [6, 6.07) is 1.22. The molecular formula is C21H31F2N3O6. The minimum Gasteiger partial charge on any atom is -0.453 e. The fraction of sp³-hybridized carbons (Fsp3) is 0.714. The van der Waals surface area contributed by atoms with Crippen molar-refractivity contribution < 1.29 is 33.0 Å². The number of aromatic nitrogens is 2. The molecule has 3 unspecified atom stereocenters. The van der Waals surface area contributed by atoms with E-state index in [0.29, 0.717) is 17.4 Å². The second-order valence-electron chi connectivity index (χ2n) is 8.16. The number of hydrogen-bond acceptors (Lipinski definition) is 7. The Hall–Kier alpha value is -2.40. The van der Waals surface area contributed by atoms with Gasteiger partial charge in [-0.25, -0.2) is 4.79 Å². The Morgan fingerprint density at radius 1 is 1.31 bits per heavy atom. The first-order valence-electron chi connectivity index (χ1n) is 10.8. The minimum absolute atomic E-state index is 0.0590. The summed E-state index contributed by atoms with van der Waals surface area (Å²) in [5.41, 5.74) is -1.08. The van der Waals surface area contributed by atoms with Crippen molar-refractivity contribution >= 4 is 17.7 Å². The fourth-order valence-corrected chi connectivity index (χ4v) is 3.51. The van der Waals surface area contributed by atoms with Gasteiger partial charge in [0.15, 0.2) is 6.10 Å². The highest BCUT2D eigenvalue weighted by Gasteiger charge is 2.62. The van der Waals surface area contributed by atoms with Crippen LogP contribution in [-0.2, 0) is 19.1 Å². The van der Waals surface area contributed by atoms with Crippen LogP contribution < -0.4 is 11.0 Å². The van der Waals surface area contributed by atoms with Gasteiger partial charge in [0.25, 0.3) is 0 Å². The first-order valence-corrected chi connectivity index (χ1v) is 10.8. The molecule has 9 nitrogen and oxygen atoms in total. The van der Waals surface area contributed by atoms with Crippen molar-refractivity contribution in [1.29, 1.82) is 0 Å². The van der Waals surface area contributed by atoms with Crippen LogP contribution in [0.2, 0.25) is 0 Å².